The maximum atomic E-state index is 5.50. The highest BCUT2D eigenvalue weighted by molar-refractivity contribution is 9.10. The Morgan fingerprint density at radius 1 is 1.32 bits per heavy atom. The summed E-state index contributed by atoms with van der Waals surface area (Å²) in [5.74, 6) is 0. The quantitative estimate of drug-likeness (QED) is 0.877. The van der Waals surface area contributed by atoms with E-state index in [0.717, 1.165) is 29.8 Å². The largest absolute Gasteiger partial charge is 0.325 e. The third-order valence-corrected chi connectivity index (χ3v) is 3.40. The summed E-state index contributed by atoms with van der Waals surface area (Å²) in [5, 5.41) is 8.00. The van der Waals surface area contributed by atoms with Gasteiger partial charge in [0.2, 0.25) is 0 Å². The standard InChI is InChI=1S/C13H18BrN5/c1-18(9-11-2-4-12(14)5-3-11)6-7-19-10-13(8-15)16-17-19/h2-5,10H,6-9,15H2,1H3. The molecule has 102 valence electrons. The van der Waals surface area contributed by atoms with Gasteiger partial charge in [0.05, 0.1) is 12.2 Å². The van der Waals surface area contributed by atoms with Crippen molar-refractivity contribution in [2.45, 2.75) is 19.6 Å². The lowest BCUT2D eigenvalue weighted by Gasteiger charge is -2.16. The van der Waals surface area contributed by atoms with Crippen molar-refractivity contribution in [2.24, 2.45) is 5.73 Å². The number of halogens is 1. The molecule has 1 heterocycles. The third-order valence-electron chi connectivity index (χ3n) is 2.87. The molecule has 0 spiro atoms. The van der Waals surface area contributed by atoms with Crippen LogP contribution in [0.5, 0.6) is 0 Å². The van der Waals surface area contributed by atoms with Crippen LogP contribution in [0.1, 0.15) is 11.3 Å². The molecule has 0 fully saturated rings. The van der Waals surface area contributed by atoms with E-state index >= 15 is 0 Å². The zero-order chi connectivity index (χ0) is 13.7. The molecule has 0 bridgehead atoms. The van der Waals surface area contributed by atoms with Crippen LogP contribution in [0.25, 0.3) is 0 Å². The topological polar surface area (TPSA) is 60.0 Å². The van der Waals surface area contributed by atoms with E-state index in [4.69, 9.17) is 5.73 Å². The van der Waals surface area contributed by atoms with Gasteiger partial charge in [0, 0.05) is 30.3 Å². The van der Waals surface area contributed by atoms with Crippen molar-refractivity contribution in [1.29, 1.82) is 0 Å². The minimum Gasteiger partial charge on any atom is -0.325 e. The summed E-state index contributed by atoms with van der Waals surface area (Å²) < 4.78 is 2.94. The van der Waals surface area contributed by atoms with E-state index in [2.05, 4.69) is 62.5 Å². The third kappa shape index (κ3) is 4.41. The molecule has 5 nitrogen and oxygen atoms in total. The van der Waals surface area contributed by atoms with Crippen LogP contribution in [-0.4, -0.2) is 33.5 Å². The van der Waals surface area contributed by atoms with Crippen LogP contribution >= 0.6 is 15.9 Å². The summed E-state index contributed by atoms with van der Waals surface area (Å²) in [5.41, 5.74) is 7.63. The van der Waals surface area contributed by atoms with Gasteiger partial charge in [-0.1, -0.05) is 33.3 Å². The summed E-state index contributed by atoms with van der Waals surface area (Å²) in [4.78, 5) is 2.26. The van der Waals surface area contributed by atoms with Gasteiger partial charge in [0.25, 0.3) is 0 Å². The van der Waals surface area contributed by atoms with E-state index in [-0.39, 0.29) is 0 Å². The predicted octanol–water partition coefficient (Wildman–Crippen LogP) is 1.63. The van der Waals surface area contributed by atoms with E-state index in [0.29, 0.717) is 6.54 Å². The SMILES string of the molecule is CN(CCn1cc(CN)nn1)Cc1ccc(Br)cc1. The van der Waals surface area contributed by atoms with Gasteiger partial charge < -0.3 is 10.6 Å². The highest BCUT2D eigenvalue weighted by atomic mass is 79.9. The second-order valence-corrected chi connectivity index (χ2v) is 5.46. The predicted molar refractivity (Wildman–Crippen MR) is 78.4 cm³/mol. The molecule has 1 aromatic carbocycles. The molecular formula is C13H18BrN5. The lowest BCUT2D eigenvalue weighted by Crippen LogP contribution is -2.23. The van der Waals surface area contributed by atoms with Crippen LogP contribution in [0, 0.1) is 0 Å². The maximum Gasteiger partial charge on any atom is 0.0962 e. The number of likely N-dealkylation sites (N-methyl/N-ethyl adjacent to an activating group) is 1. The molecule has 2 aromatic rings. The van der Waals surface area contributed by atoms with E-state index in [9.17, 15) is 0 Å². The number of benzene rings is 1. The van der Waals surface area contributed by atoms with Crippen LogP contribution in [-0.2, 0) is 19.6 Å². The Kier molecular flexibility index (Phi) is 5.07. The van der Waals surface area contributed by atoms with Gasteiger partial charge >= 0.3 is 0 Å². The van der Waals surface area contributed by atoms with Gasteiger partial charge in [0.15, 0.2) is 0 Å². The van der Waals surface area contributed by atoms with Crippen molar-refractivity contribution in [3.8, 4) is 0 Å². The minimum atomic E-state index is 0.439. The lowest BCUT2D eigenvalue weighted by atomic mass is 10.2. The van der Waals surface area contributed by atoms with Crippen LogP contribution in [0.4, 0.5) is 0 Å². The molecule has 0 aliphatic rings. The van der Waals surface area contributed by atoms with Crippen molar-refractivity contribution in [3.05, 3.63) is 46.2 Å². The number of hydrogen-bond acceptors (Lipinski definition) is 4. The van der Waals surface area contributed by atoms with Crippen LogP contribution < -0.4 is 5.73 Å². The van der Waals surface area contributed by atoms with E-state index in [1.54, 1.807) is 0 Å². The molecule has 19 heavy (non-hydrogen) atoms. The molecule has 0 saturated heterocycles. The fraction of sp³-hybridized carbons (Fsp3) is 0.385. The first-order valence-corrected chi connectivity index (χ1v) is 6.99. The zero-order valence-electron chi connectivity index (χ0n) is 11.0. The van der Waals surface area contributed by atoms with Crippen LogP contribution in [0.2, 0.25) is 0 Å². The van der Waals surface area contributed by atoms with Crippen molar-refractivity contribution in [3.63, 3.8) is 0 Å². The van der Waals surface area contributed by atoms with Gasteiger partial charge in [-0.25, -0.2) is 0 Å². The number of hydrogen-bond donors (Lipinski definition) is 1. The average molecular weight is 324 g/mol. The smallest absolute Gasteiger partial charge is 0.0962 e. The van der Waals surface area contributed by atoms with E-state index in [1.165, 1.54) is 5.56 Å². The van der Waals surface area contributed by atoms with Gasteiger partial charge in [-0.2, -0.15) is 0 Å². The van der Waals surface area contributed by atoms with E-state index in [1.807, 2.05) is 10.9 Å². The monoisotopic (exact) mass is 323 g/mol. The molecule has 0 aliphatic heterocycles. The van der Waals surface area contributed by atoms with Crippen LogP contribution in [0.15, 0.2) is 34.9 Å². The number of aromatic nitrogens is 3. The molecule has 0 saturated carbocycles. The van der Waals surface area contributed by atoms with Crippen molar-refractivity contribution in [1.82, 2.24) is 19.9 Å². The van der Waals surface area contributed by atoms with Crippen LogP contribution in [0.3, 0.4) is 0 Å². The Morgan fingerprint density at radius 2 is 2.05 bits per heavy atom. The summed E-state index contributed by atoms with van der Waals surface area (Å²) >= 11 is 3.44. The molecular weight excluding hydrogens is 306 g/mol. The summed E-state index contributed by atoms with van der Waals surface area (Å²) in [6.45, 7) is 3.10. The molecule has 0 amide bonds. The fourth-order valence-electron chi connectivity index (χ4n) is 1.80. The first-order valence-electron chi connectivity index (χ1n) is 6.19. The average Bonchev–Trinajstić information content (AvgIpc) is 2.87. The maximum absolute atomic E-state index is 5.50. The number of nitrogens with zero attached hydrogens (tertiary/aromatic N) is 4. The summed E-state index contributed by atoms with van der Waals surface area (Å²) in [6.07, 6.45) is 1.90. The Morgan fingerprint density at radius 3 is 2.68 bits per heavy atom. The van der Waals surface area contributed by atoms with Crippen molar-refractivity contribution in [2.75, 3.05) is 13.6 Å². The molecule has 0 aliphatic carbocycles. The highest BCUT2D eigenvalue weighted by Gasteiger charge is 2.03. The summed E-state index contributed by atoms with van der Waals surface area (Å²) in [7, 11) is 2.10. The van der Waals surface area contributed by atoms with Gasteiger partial charge in [-0.05, 0) is 24.7 Å². The first kappa shape index (κ1) is 14.2. The van der Waals surface area contributed by atoms with Crippen molar-refractivity contribution < 1.29 is 0 Å². The Labute approximate surface area is 121 Å². The van der Waals surface area contributed by atoms with Gasteiger partial charge in [-0.3, -0.25) is 4.68 Å². The normalized spacial score (nSPS) is 11.2. The highest BCUT2D eigenvalue weighted by Crippen LogP contribution is 2.11. The second kappa shape index (κ2) is 6.79. The molecule has 0 unspecified atom stereocenters. The zero-order valence-corrected chi connectivity index (χ0v) is 12.5. The first-order chi connectivity index (χ1) is 9.17. The number of nitrogens with two attached hydrogens (primary N) is 1. The Balaban J connectivity index is 1.81. The van der Waals surface area contributed by atoms with Crippen molar-refractivity contribution >= 4 is 15.9 Å². The summed E-state index contributed by atoms with van der Waals surface area (Å²) in [6, 6.07) is 8.38. The second-order valence-electron chi connectivity index (χ2n) is 4.54. The lowest BCUT2D eigenvalue weighted by molar-refractivity contribution is 0.304. The molecule has 1 aromatic heterocycles. The molecule has 6 heteroatoms. The minimum absolute atomic E-state index is 0.439. The Bertz CT molecular complexity index is 508. The molecule has 0 radical (unpaired) electrons. The van der Waals surface area contributed by atoms with E-state index < -0.39 is 0 Å². The number of rotatable bonds is 6. The molecule has 2 N–H and O–H groups in total. The molecule has 2 rings (SSSR count). The van der Waals surface area contributed by atoms with Gasteiger partial charge in [-0.15, -0.1) is 5.10 Å². The Hall–Kier alpha value is -1.24. The van der Waals surface area contributed by atoms with Gasteiger partial charge in [0.1, 0.15) is 0 Å². The molecule has 0 atom stereocenters. The fourth-order valence-corrected chi connectivity index (χ4v) is 2.06.